The first kappa shape index (κ1) is 25.0. The van der Waals surface area contributed by atoms with E-state index in [-0.39, 0.29) is 22.7 Å². The van der Waals surface area contributed by atoms with Gasteiger partial charge in [-0.15, -0.1) is 0 Å². The van der Waals surface area contributed by atoms with Crippen molar-refractivity contribution in [2.75, 3.05) is 11.2 Å². The molecule has 6 rings (SSSR count). The summed E-state index contributed by atoms with van der Waals surface area (Å²) in [5.41, 5.74) is 3.78. The number of hydrogen-bond donors (Lipinski definition) is 0. The van der Waals surface area contributed by atoms with Gasteiger partial charge in [-0.3, -0.25) is 4.79 Å². The number of aromatic nitrogens is 3. The Morgan fingerprint density at radius 3 is 2.55 bits per heavy atom. The number of carbonyl (C=O) groups is 1. The highest BCUT2D eigenvalue weighted by Crippen LogP contribution is 2.38. The van der Waals surface area contributed by atoms with Crippen LogP contribution in [0.25, 0.3) is 10.9 Å². The minimum atomic E-state index is -3.86. The summed E-state index contributed by atoms with van der Waals surface area (Å²) in [6, 6.07) is 9.03. The van der Waals surface area contributed by atoms with E-state index in [0.717, 1.165) is 47.7 Å². The zero-order chi connectivity index (χ0) is 26.6. The van der Waals surface area contributed by atoms with E-state index in [1.807, 2.05) is 18.2 Å². The Morgan fingerprint density at radius 2 is 1.84 bits per heavy atom. The molecule has 0 atom stereocenters. The molecule has 0 saturated heterocycles. The van der Waals surface area contributed by atoms with E-state index in [2.05, 4.69) is 30.9 Å². The Bertz CT molecular complexity index is 1710. The van der Waals surface area contributed by atoms with Gasteiger partial charge in [-0.2, -0.15) is 0 Å². The SMILES string of the molecule is CS(=O)(=O)c1cc(F)ccc1N(Cc1ccc2c3c(c(Br)nc2c1)COC3)C(=O)c1cnc(C2CC2)nc1. The van der Waals surface area contributed by atoms with Gasteiger partial charge in [-0.25, -0.2) is 27.8 Å². The van der Waals surface area contributed by atoms with Crippen molar-refractivity contribution in [1.29, 1.82) is 0 Å². The summed E-state index contributed by atoms with van der Waals surface area (Å²) < 4.78 is 45.7. The summed E-state index contributed by atoms with van der Waals surface area (Å²) in [5.74, 6) is -0.204. The van der Waals surface area contributed by atoms with Crippen molar-refractivity contribution in [2.45, 2.75) is 43.4 Å². The second-order valence-electron chi connectivity index (χ2n) is 9.58. The monoisotopic (exact) mass is 596 g/mol. The maximum atomic E-state index is 14.1. The number of halogens is 2. The molecule has 1 aliphatic heterocycles. The molecule has 1 fully saturated rings. The molecule has 0 unspecified atom stereocenters. The van der Waals surface area contributed by atoms with Gasteiger partial charge in [0.05, 0.1) is 41.4 Å². The molecule has 0 spiro atoms. The molecule has 4 aromatic rings. The molecular formula is C27H22BrFN4O4S. The number of nitrogens with zero attached hydrogens (tertiary/aromatic N) is 4. The van der Waals surface area contributed by atoms with Gasteiger partial charge >= 0.3 is 0 Å². The number of sulfone groups is 1. The molecule has 194 valence electrons. The van der Waals surface area contributed by atoms with E-state index < -0.39 is 21.6 Å². The fourth-order valence-electron chi connectivity index (χ4n) is 4.66. The molecule has 2 aromatic carbocycles. The first-order valence-electron chi connectivity index (χ1n) is 12.0. The van der Waals surface area contributed by atoms with Crippen LogP contribution in [-0.4, -0.2) is 35.5 Å². The molecule has 38 heavy (non-hydrogen) atoms. The topological polar surface area (TPSA) is 102 Å². The second-order valence-corrected chi connectivity index (χ2v) is 12.3. The van der Waals surface area contributed by atoms with Crippen molar-refractivity contribution >= 4 is 48.3 Å². The van der Waals surface area contributed by atoms with E-state index in [9.17, 15) is 17.6 Å². The summed E-state index contributed by atoms with van der Waals surface area (Å²) >= 11 is 3.52. The van der Waals surface area contributed by atoms with Crippen LogP contribution in [0.4, 0.5) is 10.1 Å². The van der Waals surface area contributed by atoms with Crippen LogP contribution in [-0.2, 0) is 34.3 Å². The van der Waals surface area contributed by atoms with Gasteiger partial charge in [-0.1, -0.05) is 12.1 Å². The van der Waals surface area contributed by atoms with E-state index in [0.29, 0.717) is 40.6 Å². The maximum absolute atomic E-state index is 14.1. The minimum absolute atomic E-state index is 0.0141. The molecule has 0 radical (unpaired) electrons. The van der Waals surface area contributed by atoms with Gasteiger partial charge in [0.15, 0.2) is 9.84 Å². The molecule has 2 aliphatic rings. The second kappa shape index (κ2) is 9.48. The van der Waals surface area contributed by atoms with Crippen molar-refractivity contribution in [2.24, 2.45) is 0 Å². The van der Waals surface area contributed by atoms with Crippen LogP contribution in [0, 0.1) is 5.82 Å². The molecule has 8 nitrogen and oxygen atoms in total. The van der Waals surface area contributed by atoms with Crippen molar-refractivity contribution in [3.8, 4) is 0 Å². The van der Waals surface area contributed by atoms with Crippen molar-refractivity contribution < 1.29 is 22.3 Å². The van der Waals surface area contributed by atoms with Crippen molar-refractivity contribution in [3.05, 3.63) is 87.3 Å². The van der Waals surface area contributed by atoms with Gasteiger partial charge in [0.25, 0.3) is 5.91 Å². The third-order valence-electron chi connectivity index (χ3n) is 6.77. The van der Waals surface area contributed by atoms with Crippen LogP contribution in [0.15, 0.2) is 58.3 Å². The number of ether oxygens (including phenoxy) is 1. The Hall–Kier alpha value is -3.28. The highest BCUT2D eigenvalue weighted by molar-refractivity contribution is 9.10. The van der Waals surface area contributed by atoms with E-state index in [1.54, 1.807) is 0 Å². The molecule has 3 heterocycles. The number of fused-ring (bicyclic) bond motifs is 3. The average Bonchev–Trinajstić information content (AvgIpc) is 3.62. The van der Waals surface area contributed by atoms with Crippen LogP contribution >= 0.6 is 15.9 Å². The smallest absolute Gasteiger partial charge is 0.261 e. The third kappa shape index (κ3) is 4.70. The van der Waals surface area contributed by atoms with Crippen LogP contribution < -0.4 is 4.90 Å². The van der Waals surface area contributed by atoms with Gasteiger partial charge in [0.1, 0.15) is 16.2 Å². The maximum Gasteiger partial charge on any atom is 0.261 e. The van der Waals surface area contributed by atoms with Gasteiger partial charge in [0.2, 0.25) is 0 Å². The normalized spacial score (nSPS) is 15.0. The molecule has 2 aromatic heterocycles. The fraction of sp³-hybridized carbons (Fsp3) is 0.259. The molecule has 11 heteroatoms. The highest BCUT2D eigenvalue weighted by Gasteiger charge is 2.29. The van der Waals surface area contributed by atoms with Crippen molar-refractivity contribution in [3.63, 3.8) is 0 Å². The molecule has 1 saturated carbocycles. The number of anilines is 1. The number of rotatable bonds is 6. The molecule has 0 bridgehead atoms. The van der Waals surface area contributed by atoms with Crippen LogP contribution in [0.1, 0.15) is 51.6 Å². The summed E-state index contributed by atoms with van der Waals surface area (Å²) in [7, 11) is -3.86. The van der Waals surface area contributed by atoms with Crippen LogP contribution in [0.2, 0.25) is 0 Å². The minimum Gasteiger partial charge on any atom is -0.372 e. The number of pyridine rings is 1. The Balaban J connectivity index is 1.44. The summed E-state index contributed by atoms with van der Waals surface area (Å²) in [4.78, 5) is 28.2. The molecule has 1 aliphatic carbocycles. The predicted molar refractivity (Wildman–Crippen MR) is 142 cm³/mol. The Labute approximate surface area is 226 Å². The first-order valence-corrected chi connectivity index (χ1v) is 14.7. The standard InChI is InChI=1S/C27H22BrFN4O4S/c1-38(35,36)24-9-18(29)5-7-23(24)33(27(34)17-10-30-26(31-11-17)16-3-4-16)12-15-2-6-19-20-13-37-14-21(20)25(28)32-22(19)8-15/h2,5-11,16H,3-4,12-14H2,1H3. The van der Waals surface area contributed by atoms with Crippen molar-refractivity contribution in [1.82, 2.24) is 15.0 Å². The third-order valence-corrected chi connectivity index (χ3v) is 8.55. The van der Waals surface area contributed by atoms with Gasteiger partial charge in [-0.05, 0) is 64.2 Å². The largest absolute Gasteiger partial charge is 0.372 e. The lowest BCUT2D eigenvalue weighted by molar-refractivity contribution is 0.0983. The van der Waals surface area contributed by atoms with E-state index >= 15 is 0 Å². The van der Waals surface area contributed by atoms with Gasteiger partial charge in [0, 0.05) is 35.5 Å². The lowest BCUT2D eigenvalue weighted by Gasteiger charge is -2.25. The van der Waals surface area contributed by atoms with Crippen LogP contribution in [0.5, 0.6) is 0 Å². The van der Waals surface area contributed by atoms with Gasteiger partial charge < -0.3 is 9.64 Å². The zero-order valence-electron chi connectivity index (χ0n) is 20.3. The summed E-state index contributed by atoms with van der Waals surface area (Å²) in [6.45, 7) is 0.991. The lowest BCUT2D eigenvalue weighted by atomic mass is 10.0. The fourth-order valence-corrected chi connectivity index (χ4v) is 6.09. The van der Waals surface area contributed by atoms with E-state index in [1.165, 1.54) is 23.4 Å². The first-order chi connectivity index (χ1) is 18.2. The average molecular weight is 597 g/mol. The molecule has 1 amide bonds. The number of benzene rings is 2. The summed E-state index contributed by atoms with van der Waals surface area (Å²) in [5, 5.41) is 0.949. The molecular weight excluding hydrogens is 575 g/mol. The molecule has 0 N–H and O–H groups in total. The summed E-state index contributed by atoms with van der Waals surface area (Å²) in [6.07, 6.45) is 5.95. The zero-order valence-corrected chi connectivity index (χ0v) is 22.7. The Kier molecular flexibility index (Phi) is 6.24. The number of hydrogen-bond acceptors (Lipinski definition) is 7. The van der Waals surface area contributed by atoms with Crippen LogP contribution in [0.3, 0.4) is 0 Å². The Morgan fingerprint density at radius 1 is 1.11 bits per heavy atom. The number of carbonyl (C=O) groups excluding carboxylic acids is 1. The quantitative estimate of drug-likeness (QED) is 0.286. The van der Waals surface area contributed by atoms with E-state index in [4.69, 9.17) is 4.74 Å². The lowest BCUT2D eigenvalue weighted by Crippen LogP contribution is -2.32. The predicted octanol–water partition coefficient (Wildman–Crippen LogP) is 5.08. The highest BCUT2D eigenvalue weighted by atomic mass is 79.9. The number of amides is 1.